The van der Waals surface area contributed by atoms with Gasteiger partial charge < -0.3 is 29.9 Å². The molecule has 1 aromatic carbocycles. The summed E-state index contributed by atoms with van der Waals surface area (Å²) in [4.78, 5) is 38.2. The second-order valence-electron chi connectivity index (χ2n) is 9.86. The fourth-order valence-electron chi connectivity index (χ4n) is 4.01. The zero-order chi connectivity index (χ0) is 29.9. The van der Waals surface area contributed by atoms with Crippen molar-refractivity contribution in [2.75, 3.05) is 13.3 Å². The number of ether oxygens (including phenoxy) is 2. The van der Waals surface area contributed by atoms with Crippen LogP contribution in [0.5, 0.6) is 5.75 Å². The second-order valence-corrected chi connectivity index (χ2v) is 11.6. The molecule has 0 spiro atoms. The number of H-pyrrole nitrogens is 1. The summed E-state index contributed by atoms with van der Waals surface area (Å²) in [6.07, 6.45) is -3.17. The number of aromatic amines is 1. The number of nitrogens with two attached hydrogens (primary N) is 1. The fraction of sp³-hybridized carbons (Fsp3) is 0.542. The lowest BCUT2D eigenvalue weighted by Crippen LogP contribution is -2.53. The third kappa shape index (κ3) is 6.86. The molecule has 14 nitrogen and oxygen atoms in total. The smallest absolute Gasteiger partial charge is 0.459 e. The fourth-order valence-corrected chi connectivity index (χ4v) is 5.56. The number of carbonyl (C=O) groups is 1. The first kappa shape index (κ1) is 31.6. The number of halogens is 1. The van der Waals surface area contributed by atoms with E-state index in [-0.39, 0.29) is 12.3 Å². The summed E-state index contributed by atoms with van der Waals surface area (Å²) < 4.78 is 51.0. The van der Waals surface area contributed by atoms with Crippen LogP contribution in [0.4, 0.5) is 4.39 Å². The third-order valence-electron chi connectivity index (χ3n) is 6.15. The molecule has 1 fully saturated rings. The van der Waals surface area contributed by atoms with Crippen molar-refractivity contribution in [1.29, 1.82) is 0 Å². The number of hydrogen-bond acceptors (Lipinski definition) is 11. The van der Waals surface area contributed by atoms with Crippen LogP contribution in [-0.4, -0.2) is 68.5 Å². The Morgan fingerprint density at radius 2 is 1.93 bits per heavy atom. The minimum atomic E-state index is -4.54. The summed E-state index contributed by atoms with van der Waals surface area (Å²) in [6, 6.07) is 5.86. The molecule has 6 N–H and O–H groups in total. The first-order valence-electron chi connectivity index (χ1n) is 12.3. The maximum atomic E-state index is 14.6. The molecule has 0 amide bonds. The minimum Gasteiger partial charge on any atom is -0.462 e. The van der Waals surface area contributed by atoms with E-state index in [2.05, 4.69) is 5.09 Å². The van der Waals surface area contributed by atoms with Crippen LogP contribution in [0.2, 0.25) is 0 Å². The topological polar surface area (TPSA) is 204 Å². The number of rotatable bonds is 12. The number of carbonyl (C=O) groups excluding carboxylic acids is 1. The Morgan fingerprint density at radius 1 is 1.27 bits per heavy atom. The molecule has 222 valence electrons. The number of aliphatic hydroxyl groups is 2. The molecule has 2 aromatic rings. The highest BCUT2D eigenvalue weighted by atomic mass is 31.2. The predicted octanol–water partition coefficient (Wildman–Crippen LogP) is 0.478. The Bertz CT molecular complexity index is 1350. The van der Waals surface area contributed by atoms with Crippen molar-refractivity contribution >= 4 is 13.7 Å². The predicted molar refractivity (Wildman–Crippen MR) is 139 cm³/mol. The molecule has 6 unspecified atom stereocenters. The van der Waals surface area contributed by atoms with Gasteiger partial charge in [0.05, 0.1) is 12.7 Å². The number of aromatic nitrogens is 2. The number of nitrogens with zero attached hydrogens (tertiary/aromatic N) is 1. The van der Waals surface area contributed by atoms with Crippen LogP contribution in [0.15, 0.2) is 46.1 Å². The van der Waals surface area contributed by atoms with Crippen LogP contribution in [0, 0.1) is 0 Å². The maximum absolute atomic E-state index is 14.6. The Morgan fingerprint density at radius 3 is 2.48 bits per heavy atom. The molecule has 3 rings (SSSR count). The van der Waals surface area contributed by atoms with Crippen molar-refractivity contribution in [1.82, 2.24) is 14.6 Å². The van der Waals surface area contributed by atoms with Gasteiger partial charge in [0.15, 0.2) is 11.8 Å². The SMILES string of the molecule is CC(C)OC(=O)C(C)NP(=O)(OCC1(CF)OC(n2ccc(=O)[nH]c2=O)C(C)(O)C1O)Oc1ccc(CN)cc1. The van der Waals surface area contributed by atoms with E-state index in [1.807, 2.05) is 4.98 Å². The van der Waals surface area contributed by atoms with Gasteiger partial charge in [0, 0.05) is 18.8 Å². The molecule has 1 aromatic heterocycles. The highest BCUT2D eigenvalue weighted by Gasteiger charge is 2.63. The van der Waals surface area contributed by atoms with E-state index in [0.29, 0.717) is 0 Å². The van der Waals surface area contributed by atoms with Gasteiger partial charge in [-0.25, -0.2) is 13.8 Å². The molecule has 6 atom stereocenters. The highest BCUT2D eigenvalue weighted by Crippen LogP contribution is 2.50. The lowest BCUT2D eigenvalue weighted by atomic mass is 9.88. The van der Waals surface area contributed by atoms with Crippen LogP contribution in [0.25, 0.3) is 0 Å². The lowest BCUT2D eigenvalue weighted by Gasteiger charge is -2.32. The molecule has 0 bridgehead atoms. The van der Waals surface area contributed by atoms with Gasteiger partial charge in [-0.05, 0) is 45.4 Å². The third-order valence-corrected chi connectivity index (χ3v) is 7.77. The number of nitrogens with one attached hydrogen (secondary N) is 2. The summed E-state index contributed by atoms with van der Waals surface area (Å²) in [5.74, 6) is -0.733. The van der Waals surface area contributed by atoms with E-state index in [4.69, 9.17) is 24.3 Å². The second kappa shape index (κ2) is 12.3. The van der Waals surface area contributed by atoms with Crippen molar-refractivity contribution in [3.05, 3.63) is 62.9 Å². The van der Waals surface area contributed by atoms with Gasteiger partial charge in [0.1, 0.15) is 30.2 Å². The van der Waals surface area contributed by atoms with Crippen molar-refractivity contribution in [3.63, 3.8) is 0 Å². The quantitative estimate of drug-likeness (QED) is 0.170. The number of alkyl halides is 1. The Kier molecular flexibility index (Phi) is 9.73. The van der Waals surface area contributed by atoms with Crippen LogP contribution in [0.3, 0.4) is 0 Å². The molecular formula is C24H34FN4O10P. The Labute approximate surface area is 228 Å². The van der Waals surface area contributed by atoms with E-state index in [1.54, 1.807) is 26.0 Å². The number of esters is 1. The van der Waals surface area contributed by atoms with Gasteiger partial charge in [-0.1, -0.05) is 12.1 Å². The van der Waals surface area contributed by atoms with E-state index >= 15 is 0 Å². The van der Waals surface area contributed by atoms with Crippen LogP contribution in [0.1, 0.15) is 39.5 Å². The number of aliphatic hydroxyl groups excluding tert-OH is 1. The van der Waals surface area contributed by atoms with Gasteiger partial charge in [0.25, 0.3) is 5.56 Å². The summed E-state index contributed by atoms with van der Waals surface area (Å²) in [5, 5.41) is 24.4. The van der Waals surface area contributed by atoms with E-state index in [1.165, 1.54) is 19.1 Å². The van der Waals surface area contributed by atoms with Crippen LogP contribution in [-0.2, 0) is 29.9 Å². The van der Waals surface area contributed by atoms with E-state index in [0.717, 1.165) is 29.3 Å². The maximum Gasteiger partial charge on any atom is 0.459 e. The van der Waals surface area contributed by atoms with E-state index in [9.17, 15) is 33.6 Å². The first-order chi connectivity index (χ1) is 18.7. The molecule has 0 aliphatic carbocycles. The molecule has 1 aliphatic rings. The Balaban J connectivity index is 1.92. The molecular weight excluding hydrogens is 554 g/mol. The highest BCUT2D eigenvalue weighted by molar-refractivity contribution is 7.52. The van der Waals surface area contributed by atoms with Gasteiger partial charge in [-0.3, -0.25) is 23.7 Å². The van der Waals surface area contributed by atoms with Gasteiger partial charge in [-0.2, -0.15) is 5.09 Å². The molecule has 1 aliphatic heterocycles. The monoisotopic (exact) mass is 588 g/mol. The zero-order valence-corrected chi connectivity index (χ0v) is 23.3. The van der Waals surface area contributed by atoms with Crippen molar-refractivity contribution < 1.29 is 42.5 Å². The summed E-state index contributed by atoms with van der Waals surface area (Å²) in [7, 11) is -4.54. The zero-order valence-electron chi connectivity index (χ0n) is 22.4. The van der Waals surface area contributed by atoms with Crippen molar-refractivity contribution in [2.45, 2.75) is 69.9 Å². The largest absolute Gasteiger partial charge is 0.462 e. The molecule has 40 heavy (non-hydrogen) atoms. The van der Waals surface area contributed by atoms with Gasteiger partial charge in [0.2, 0.25) is 0 Å². The van der Waals surface area contributed by atoms with Crippen LogP contribution >= 0.6 is 7.75 Å². The standard InChI is InChI=1S/C24H34FN4O10P/c1-14(2)37-19(31)15(3)28-40(35,39-17-7-5-16(11-26)6-8-17)36-13-24(12-25)20(32)23(4,34)21(38-24)29-10-9-18(30)27-22(29)33/h5-10,14-15,20-21,32,34H,11-13,26H2,1-4H3,(H,28,35)(H,27,30,33). The van der Waals surface area contributed by atoms with Gasteiger partial charge in [-0.15, -0.1) is 0 Å². The average molecular weight is 589 g/mol. The lowest BCUT2D eigenvalue weighted by molar-refractivity contribution is -0.149. The summed E-state index contributed by atoms with van der Waals surface area (Å²) in [6.45, 7) is 3.48. The molecule has 0 saturated carbocycles. The average Bonchev–Trinajstić information content (AvgIpc) is 3.08. The summed E-state index contributed by atoms with van der Waals surface area (Å²) in [5.41, 5.74) is 0.000235. The molecule has 0 radical (unpaired) electrons. The first-order valence-corrected chi connectivity index (χ1v) is 13.9. The molecule has 16 heteroatoms. The molecule has 1 saturated heterocycles. The van der Waals surface area contributed by atoms with Gasteiger partial charge >= 0.3 is 19.4 Å². The van der Waals surface area contributed by atoms with E-state index < -0.39 is 73.9 Å². The summed E-state index contributed by atoms with van der Waals surface area (Å²) >= 11 is 0. The number of hydrogen-bond donors (Lipinski definition) is 5. The minimum absolute atomic E-state index is 0.0457. The number of benzene rings is 1. The Hall–Kier alpha value is -2.91. The van der Waals surface area contributed by atoms with Crippen molar-refractivity contribution in [3.8, 4) is 5.75 Å². The normalized spacial score (nSPS) is 26.8. The van der Waals surface area contributed by atoms with Crippen LogP contribution < -0.4 is 26.6 Å². The molecule has 2 heterocycles. The van der Waals surface area contributed by atoms with Crippen molar-refractivity contribution in [2.24, 2.45) is 5.73 Å².